The zero-order chi connectivity index (χ0) is 19.1. The average Bonchev–Trinajstić information content (AvgIpc) is 2.67. The van der Waals surface area contributed by atoms with E-state index in [1.807, 2.05) is 0 Å². The Morgan fingerprint density at radius 1 is 1.04 bits per heavy atom. The van der Waals surface area contributed by atoms with E-state index in [1.165, 1.54) is 36.0 Å². The number of carbonyl (C=O) groups excluding carboxylic acids is 1. The van der Waals surface area contributed by atoms with E-state index in [0.717, 1.165) is 10.5 Å². The van der Waals surface area contributed by atoms with Crippen molar-refractivity contribution >= 4 is 17.7 Å². The van der Waals surface area contributed by atoms with Gasteiger partial charge < -0.3 is 10.1 Å². The van der Waals surface area contributed by atoms with E-state index in [1.54, 1.807) is 42.6 Å². The molecule has 3 aromatic rings. The molecule has 1 aromatic heterocycles. The summed E-state index contributed by atoms with van der Waals surface area (Å²) in [6.45, 7) is 0.329. The summed E-state index contributed by atoms with van der Waals surface area (Å²) in [7, 11) is 0. The van der Waals surface area contributed by atoms with E-state index in [4.69, 9.17) is 4.74 Å². The molecular weight excluding hydrogens is 370 g/mol. The first-order chi connectivity index (χ1) is 13.1. The quantitative estimate of drug-likeness (QED) is 0.605. The summed E-state index contributed by atoms with van der Waals surface area (Å²) >= 11 is 1.33. The van der Waals surface area contributed by atoms with Crippen molar-refractivity contribution < 1.29 is 18.3 Å². The third-order valence-corrected chi connectivity index (χ3v) is 4.50. The lowest BCUT2D eigenvalue weighted by molar-refractivity contribution is -0.118. The molecule has 0 unspecified atom stereocenters. The molecule has 0 bridgehead atoms. The fourth-order valence-corrected chi connectivity index (χ4v) is 2.89. The summed E-state index contributed by atoms with van der Waals surface area (Å²) in [5, 5.41) is 2.79. The van der Waals surface area contributed by atoms with Gasteiger partial charge in [-0.05, 0) is 42.0 Å². The second kappa shape index (κ2) is 9.14. The number of pyridine rings is 1. The lowest BCUT2D eigenvalue weighted by Crippen LogP contribution is -2.24. The van der Waals surface area contributed by atoms with Gasteiger partial charge in [0.15, 0.2) is 0 Å². The number of benzene rings is 2. The van der Waals surface area contributed by atoms with Gasteiger partial charge >= 0.3 is 0 Å². The number of aromatic nitrogens is 1. The predicted molar refractivity (Wildman–Crippen MR) is 99.7 cm³/mol. The lowest BCUT2D eigenvalue weighted by Gasteiger charge is -2.07. The molecule has 0 radical (unpaired) electrons. The molecule has 138 valence electrons. The zero-order valence-corrected chi connectivity index (χ0v) is 15.0. The van der Waals surface area contributed by atoms with Crippen molar-refractivity contribution in [2.45, 2.75) is 11.4 Å². The SMILES string of the molecule is O=C(CSc1ccc(F)cc1)NCc1ccc(Oc2cccc(F)c2)nc1. The van der Waals surface area contributed by atoms with Gasteiger partial charge in [-0.1, -0.05) is 12.1 Å². The number of hydrogen-bond acceptors (Lipinski definition) is 4. The molecule has 0 aliphatic carbocycles. The van der Waals surface area contributed by atoms with Gasteiger partial charge in [-0.2, -0.15) is 0 Å². The van der Waals surface area contributed by atoms with Crippen LogP contribution in [0.1, 0.15) is 5.56 Å². The number of rotatable bonds is 7. The molecule has 27 heavy (non-hydrogen) atoms. The predicted octanol–water partition coefficient (Wildman–Crippen LogP) is 4.56. The maximum Gasteiger partial charge on any atom is 0.230 e. The van der Waals surface area contributed by atoms with E-state index in [0.29, 0.717) is 18.2 Å². The minimum atomic E-state index is -0.384. The van der Waals surface area contributed by atoms with Gasteiger partial charge in [-0.3, -0.25) is 4.79 Å². The second-order valence-corrected chi connectivity index (χ2v) is 6.63. The van der Waals surface area contributed by atoms with Crippen LogP contribution in [-0.2, 0) is 11.3 Å². The molecule has 4 nitrogen and oxygen atoms in total. The summed E-state index contributed by atoms with van der Waals surface area (Å²) in [5.41, 5.74) is 0.807. The number of carbonyl (C=O) groups is 1. The number of ether oxygens (including phenoxy) is 1. The molecule has 1 N–H and O–H groups in total. The van der Waals surface area contributed by atoms with Gasteiger partial charge in [0.25, 0.3) is 0 Å². The van der Waals surface area contributed by atoms with Crippen LogP contribution in [0.3, 0.4) is 0 Å². The van der Waals surface area contributed by atoms with Crippen LogP contribution in [0.25, 0.3) is 0 Å². The van der Waals surface area contributed by atoms with Crippen molar-refractivity contribution in [1.29, 1.82) is 0 Å². The number of hydrogen-bond donors (Lipinski definition) is 1. The molecule has 1 heterocycles. The number of amides is 1. The van der Waals surface area contributed by atoms with Crippen molar-refractivity contribution in [3.05, 3.63) is 84.1 Å². The topological polar surface area (TPSA) is 51.2 Å². The smallest absolute Gasteiger partial charge is 0.230 e. The first kappa shape index (κ1) is 18.8. The average molecular weight is 386 g/mol. The minimum Gasteiger partial charge on any atom is -0.439 e. The van der Waals surface area contributed by atoms with Gasteiger partial charge in [-0.25, -0.2) is 13.8 Å². The summed E-state index contributed by atoms with van der Waals surface area (Å²) < 4.78 is 31.4. The molecule has 0 saturated heterocycles. The highest BCUT2D eigenvalue weighted by atomic mass is 32.2. The van der Waals surface area contributed by atoms with Gasteiger partial charge in [0.05, 0.1) is 5.75 Å². The van der Waals surface area contributed by atoms with Gasteiger partial charge in [0.1, 0.15) is 17.4 Å². The third-order valence-electron chi connectivity index (χ3n) is 3.49. The summed E-state index contributed by atoms with van der Waals surface area (Å²) in [6.07, 6.45) is 1.59. The van der Waals surface area contributed by atoms with Crippen molar-refractivity contribution in [3.8, 4) is 11.6 Å². The first-order valence-electron chi connectivity index (χ1n) is 8.12. The Balaban J connectivity index is 1.45. The number of thioether (sulfide) groups is 1. The standard InChI is InChI=1S/C20H16F2N2O2S/c21-15-5-7-18(8-6-15)27-13-19(25)23-11-14-4-9-20(24-12-14)26-17-3-1-2-16(22)10-17/h1-10,12H,11,13H2,(H,23,25). The zero-order valence-electron chi connectivity index (χ0n) is 14.2. The van der Waals surface area contributed by atoms with Crippen molar-refractivity contribution in [1.82, 2.24) is 10.3 Å². The minimum absolute atomic E-state index is 0.135. The fourth-order valence-electron chi connectivity index (χ4n) is 2.16. The Kier molecular flexibility index (Phi) is 6.38. The summed E-state index contributed by atoms with van der Waals surface area (Å²) in [4.78, 5) is 16.9. The first-order valence-corrected chi connectivity index (χ1v) is 9.10. The van der Waals surface area contributed by atoms with Crippen molar-refractivity contribution in [2.24, 2.45) is 0 Å². The number of nitrogens with one attached hydrogen (secondary N) is 1. The highest BCUT2D eigenvalue weighted by Gasteiger charge is 2.05. The third kappa shape index (κ3) is 6.07. The molecule has 0 aliphatic heterocycles. The van der Waals surface area contributed by atoms with E-state index in [9.17, 15) is 13.6 Å². The van der Waals surface area contributed by atoms with Crippen LogP contribution in [0.4, 0.5) is 8.78 Å². The Morgan fingerprint density at radius 2 is 1.85 bits per heavy atom. The maximum absolute atomic E-state index is 13.1. The molecule has 1 amide bonds. The van der Waals surface area contributed by atoms with Crippen molar-refractivity contribution in [2.75, 3.05) is 5.75 Å². The number of nitrogens with zero attached hydrogens (tertiary/aromatic N) is 1. The Labute approximate surface area is 159 Å². The van der Waals surface area contributed by atoms with Crippen LogP contribution in [-0.4, -0.2) is 16.6 Å². The van der Waals surface area contributed by atoms with Crippen LogP contribution in [0.5, 0.6) is 11.6 Å². The molecule has 7 heteroatoms. The number of halogens is 2. The lowest BCUT2D eigenvalue weighted by atomic mass is 10.3. The van der Waals surface area contributed by atoms with E-state index < -0.39 is 0 Å². The largest absolute Gasteiger partial charge is 0.439 e. The van der Waals surface area contributed by atoms with E-state index in [2.05, 4.69) is 10.3 Å². The molecule has 3 rings (SSSR count). The van der Waals surface area contributed by atoms with E-state index in [-0.39, 0.29) is 23.3 Å². The van der Waals surface area contributed by atoms with Gasteiger partial charge in [0.2, 0.25) is 11.8 Å². The molecule has 2 aromatic carbocycles. The molecule has 0 saturated carbocycles. The van der Waals surface area contributed by atoms with Gasteiger partial charge in [-0.15, -0.1) is 11.8 Å². The molecule has 0 atom stereocenters. The normalized spacial score (nSPS) is 10.4. The highest BCUT2D eigenvalue weighted by Crippen LogP contribution is 2.20. The molecule has 0 aliphatic rings. The van der Waals surface area contributed by atoms with Crippen molar-refractivity contribution in [3.63, 3.8) is 0 Å². The van der Waals surface area contributed by atoms with Crippen LogP contribution in [0, 0.1) is 11.6 Å². The van der Waals surface area contributed by atoms with Crippen LogP contribution >= 0.6 is 11.8 Å². The molecule has 0 spiro atoms. The monoisotopic (exact) mass is 386 g/mol. The Morgan fingerprint density at radius 3 is 2.56 bits per heavy atom. The second-order valence-electron chi connectivity index (χ2n) is 5.58. The van der Waals surface area contributed by atoms with Crippen LogP contribution in [0.15, 0.2) is 71.8 Å². The van der Waals surface area contributed by atoms with Crippen LogP contribution < -0.4 is 10.1 Å². The fraction of sp³-hybridized carbons (Fsp3) is 0.100. The molecular formula is C20H16F2N2O2S. The van der Waals surface area contributed by atoms with E-state index >= 15 is 0 Å². The maximum atomic E-state index is 13.1. The highest BCUT2D eigenvalue weighted by molar-refractivity contribution is 8.00. The molecule has 0 fully saturated rings. The van der Waals surface area contributed by atoms with Crippen LogP contribution in [0.2, 0.25) is 0 Å². The Hall–Kier alpha value is -2.93. The van der Waals surface area contributed by atoms with Gasteiger partial charge in [0, 0.05) is 29.8 Å². The summed E-state index contributed by atoms with van der Waals surface area (Å²) in [5.74, 6) is 0.111. The Bertz CT molecular complexity index is 903. The summed E-state index contributed by atoms with van der Waals surface area (Å²) in [6, 6.07) is 15.2.